The smallest absolute Gasteiger partial charge is 0.423 e. The molecule has 42 heavy (non-hydrogen) atoms. The number of ether oxygens (including phenoxy) is 2. The molecule has 1 aliphatic heterocycles. The maximum absolute atomic E-state index is 13.9. The van der Waals surface area contributed by atoms with Gasteiger partial charge in [0.25, 0.3) is 5.56 Å². The van der Waals surface area contributed by atoms with E-state index in [-0.39, 0.29) is 25.8 Å². The lowest BCUT2D eigenvalue weighted by Crippen LogP contribution is -2.48. The van der Waals surface area contributed by atoms with Crippen LogP contribution in [0.3, 0.4) is 0 Å². The highest BCUT2D eigenvalue weighted by molar-refractivity contribution is 9.10. The molecule has 1 aromatic carbocycles. The van der Waals surface area contributed by atoms with Crippen LogP contribution in [0.4, 0.5) is 24.8 Å². The maximum Gasteiger partial charge on any atom is 0.423 e. The number of halogens is 4. The van der Waals surface area contributed by atoms with E-state index >= 15 is 0 Å². The van der Waals surface area contributed by atoms with Crippen LogP contribution in [0.15, 0.2) is 58.3 Å². The molecule has 4 aromatic rings. The molecular formula is C26H27BrF3N9O3. The molecule has 1 N–H and O–H groups in total. The van der Waals surface area contributed by atoms with E-state index < -0.39 is 29.0 Å². The monoisotopic (exact) mass is 649 g/mol. The predicted octanol–water partition coefficient (Wildman–Crippen LogP) is 3.54. The highest BCUT2D eigenvalue weighted by atomic mass is 79.9. The molecule has 0 amide bonds. The molecule has 222 valence electrons. The molecule has 0 radical (unpaired) electrons. The lowest BCUT2D eigenvalue weighted by Gasteiger charge is -2.38. The zero-order valence-electron chi connectivity index (χ0n) is 22.6. The third-order valence-electron chi connectivity index (χ3n) is 6.52. The number of anilines is 2. The van der Waals surface area contributed by atoms with Gasteiger partial charge in [-0.3, -0.25) is 4.79 Å². The second kappa shape index (κ2) is 12.4. The number of aromatic nitrogens is 7. The fourth-order valence-corrected chi connectivity index (χ4v) is 4.55. The standard InChI is InChI=1S/C26H27BrF3N9O3/c1-16(14-42-15-19-11-38(36-35-19)20-12-37(13-20)25-31-7-18(27)8-32-25)34-22-9-33-39(24(40)23(22)26(28,29)30)10-17-3-5-21(41-2)6-4-17/h3-9,11,16,20,34H,10,12-15H2,1-2H3. The second-order valence-electron chi connectivity index (χ2n) is 9.75. The van der Waals surface area contributed by atoms with Gasteiger partial charge in [0.1, 0.15) is 17.0 Å². The first-order chi connectivity index (χ1) is 20.1. The highest BCUT2D eigenvalue weighted by Crippen LogP contribution is 2.32. The maximum atomic E-state index is 13.9. The summed E-state index contributed by atoms with van der Waals surface area (Å²) in [6, 6.07) is 6.18. The van der Waals surface area contributed by atoms with E-state index in [1.165, 1.54) is 7.11 Å². The van der Waals surface area contributed by atoms with Gasteiger partial charge in [0.05, 0.1) is 55.5 Å². The quantitative estimate of drug-likeness (QED) is 0.258. The average molecular weight is 650 g/mol. The van der Waals surface area contributed by atoms with E-state index in [1.54, 1.807) is 54.5 Å². The van der Waals surface area contributed by atoms with E-state index in [0.717, 1.165) is 15.4 Å². The van der Waals surface area contributed by atoms with Gasteiger partial charge >= 0.3 is 6.18 Å². The molecule has 12 nitrogen and oxygen atoms in total. The van der Waals surface area contributed by atoms with Crippen molar-refractivity contribution in [3.05, 3.63) is 80.7 Å². The van der Waals surface area contributed by atoms with Crippen molar-refractivity contribution >= 4 is 27.6 Å². The molecule has 4 heterocycles. The Labute approximate surface area is 246 Å². The Kier molecular flexibility index (Phi) is 8.72. The van der Waals surface area contributed by atoms with Gasteiger partial charge in [-0.05, 0) is 40.5 Å². The second-order valence-corrected chi connectivity index (χ2v) is 10.7. The highest BCUT2D eigenvalue weighted by Gasteiger charge is 2.38. The molecule has 0 spiro atoms. The van der Waals surface area contributed by atoms with Crippen molar-refractivity contribution in [1.82, 2.24) is 34.7 Å². The minimum Gasteiger partial charge on any atom is -0.497 e. The van der Waals surface area contributed by atoms with Crippen molar-refractivity contribution in [1.29, 1.82) is 0 Å². The molecule has 0 saturated carbocycles. The number of nitrogens with zero attached hydrogens (tertiary/aromatic N) is 8. The lowest BCUT2D eigenvalue weighted by molar-refractivity contribution is -0.138. The molecule has 16 heteroatoms. The Balaban J connectivity index is 1.15. The summed E-state index contributed by atoms with van der Waals surface area (Å²) in [7, 11) is 1.50. The van der Waals surface area contributed by atoms with E-state index in [1.807, 2.05) is 4.90 Å². The number of alkyl halides is 3. The topological polar surface area (TPSA) is 125 Å². The zero-order chi connectivity index (χ0) is 29.9. The molecular weight excluding hydrogens is 623 g/mol. The third-order valence-corrected chi connectivity index (χ3v) is 6.93. The molecule has 3 aromatic heterocycles. The Hall–Kier alpha value is -4.05. The van der Waals surface area contributed by atoms with Crippen molar-refractivity contribution in [2.75, 3.05) is 37.0 Å². The first kappa shape index (κ1) is 29.4. The SMILES string of the molecule is COc1ccc(Cn2ncc(NC(C)COCc3cn(C4CN(c5ncc(Br)cn5)C4)nn3)c(C(F)(F)F)c2=O)cc1. The van der Waals surface area contributed by atoms with Crippen LogP contribution in [0.25, 0.3) is 0 Å². The number of nitrogens with one attached hydrogen (secondary N) is 1. The van der Waals surface area contributed by atoms with Crippen LogP contribution in [0.2, 0.25) is 0 Å². The number of benzene rings is 1. The third kappa shape index (κ3) is 6.87. The van der Waals surface area contributed by atoms with Crippen LogP contribution in [0, 0.1) is 0 Å². The number of methoxy groups -OCH3 is 1. The van der Waals surface area contributed by atoms with Crippen LogP contribution in [-0.4, -0.2) is 67.6 Å². The molecule has 5 rings (SSSR count). The molecule has 1 aliphatic rings. The summed E-state index contributed by atoms with van der Waals surface area (Å²) in [6.45, 7) is 3.06. The van der Waals surface area contributed by atoms with Gasteiger partial charge in [0, 0.05) is 31.5 Å². The van der Waals surface area contributed by atoms with Gasteiger partial charge in [-0.1, -0.05) is 17.3 Å². The number of hydrogen-bond donors (Lipinski definition) is 1. The Bertz CT molecular complexity index is 1560. The van der Waals surface area contributed by atoms with E-state index in [9.17, 15) is 18.0 Å². The Morgan fingerprint density at radius 1 is 1.14 bits per heavy atom. The molecule has 1 unspecified atom stereocenters. The Morgan fingerprint density at radius 2 is 1.86 bits per heavy atom. The largest absolute Gasteiger partial charge is 0.497 e. The molecule has 0 aliphatic carbocycles. The fourth-order valence-electron chi connectivity index (χ4n) is 4.35. The summed E-state index contributed by atoms with van der Waals surface area (Å²) >= 11 is 3.32. The first-order valence-corrected chi connectivity index (χ1v) is 13.7. The molecule has 1 fully saturated rings. The minimum absolute atomic E-state index is 0.0528. The van der Waals surface area contributed by atoms with Crippen molar-refractivity contribution in [2.45, 2.75) is 38.3 Å². The summed E-state index contributed by atoms with van der Waals surface area (Å²) in [5.41, 5.74) is -1.78. The summed E-state index contributed by atoms with van der Waals surface area (Å²) < 4.78 is 55.9. The number of rotatable bonds is 11. The van der Waals surface area contributed by atoms with Gasteiger partial charge in [-0.2, -0.15) is 18.3 Å². The van der Waals surface area contributed by atoms with Crippen LogP contribution in [0.5, 0.6) is 5.75 Å². The average Bonchev–Trinajstić information content (AvgIpc) is 3.38. The summed E-state index contributed by atoms with van der Waals surface area (Å²) in [5, 5.41) is 15.0. The van der Waals surface area contributed by atoms with Crippen LogP contribution in [0.1, 0.15) is 29.8 Å². The lowest BCUT2D eigenvalue weighted by atomic mass is 10.1. The summed E-state index contributed by atoms with van der Waals surface area (Å²) in [5.74, 6) is 1.23. The van der Waals surface area contributed by atoms with Gasteiger partial charge in [0.2, 0.25) is 5.95 Å². The van der Waals surface area contributed by atoms with Crippen LogP contribution < -0.4 is 20.5 Å². The van der Waals surface area contributed by atoms with Gasteiger partial charge < -0.3 is 19.7 Å². The van der Waals surface area contributed by atoms with Crippen LogP contribution in [-0.2, 0) is 24.1 Å². The van der Waals surface area contributed by atoms with Crippen LogP contribution >= 0.6 is 15.9 Å². The van der Waals surface area contributed by atoms with E-state index in [2.05, 4.69) is 46.6 Å². The number of hydrogen-bond acceptors (Lipinski definition) is 10. The van der Waals surface area contributed by atoms with Crippen molar-refractivity contribution < 1.29 is 22.6 Å². The normalized spacial score (nSPS) is 14.5. The van der Waals surface area contributed by atoms with E-state index in [4.69, 9.17) is 9.47 Å². The van der Waals surface area contributed by atoms with Gasteiger partial charge in [-0.15, -0.1) is 5.10 Å². The van der Waals surface area contributed by atoms with Gasteiger partial charge in [0.15, 0.2) is 0 Å². The van der Waals surface area contributed by atoms with Gasteiger partial charge in [-0.25, -0.2) is 19.3 Å². The summed E-state index contributed by atoms with van der Waals surface area (Å²) in [4.78, 5) is 23.4. The first-order valence-electron chi connectivity index (χ1n) is 12.9. The predicted molar refractivity (Wildman–Crippen MR) is 149 cm³/mol. The molecule has 0 bridgehead atoms. The zero-order valence-corrected chi connectivity index (χ0v) is 24.2. The molecule has 1 saturated heterocycles. The van der Waals surface area contributed by atoms with E-state index in [0.29, 0.717) is 36.0 Å². The van der Waals surface area contributed by atoms with Crippen molar-refractivity contribution in [3.8, 4) is 5.75 Å². The van der Waals surface area contributed by atoms with Crippen molar-refractivity contribution in [2.24, 2.45) is 0 Å². The minimum atomic E-state index is -4.89. The summed E-state index contributed by atoms with van der Waals surface area (Å²) in [6.07, 6.45) is 1.28. The van der Waals surface area contributed by atoms with Crippen molar-refractivity contribution in [3.63, 3.8) is 0 Å². The Morgan fingerprint density at radius 3 is 2.52 bits per heavy atom. The molecule has 1 atom stereocenters. The fraction of sp³-hybridized carbons (Fsp3) is 0.385.